The topological polar surface area (TPSA) is 43.9 Å². The summed E-state index contributed by atoms with van der Waals surface area (Å²) in [5, 5.41) is 4.29. The third-order valence-electron chi connectivity index (χ3n) is 4.68. The molecule has 3 heterocycles. The molecule has 6 heteroatoms. The van der Waals surface area contributed by atoms with Crippen LogP contribution < -0.4 is 0 Å². The van der Waals surface area contributed by atoms with Crippen molar-refractivity contribution in [2.45, 2.75) is 19.4 Å². The molecular weight excluding hydrogens is 298 g/mol. The van der Waals surface area contributed by atoms with Gasteiger partial charge in [0.1, 0.15) is 0 Å². The lowest BCUT2D eigenvalue weighted by Crippen LogP contribution is -2.51. The summed E-state index contributed by atoms with van der Waals surface area (Å²) < 4.78 is 0. The van der Waals surface area contributed by atoms with E-state index < -0.39 is 0 Å². The average Bonchev–Trinajstić information content (AvgIpc) is 3.03. The first-order valence-electron chi connectivity index (χ1n) is 7.89. The van der Waals surface area contributed by atoms with Crippen LogP contribution in [0.3, 0.4) is 0 Å². The number of carbonyl (C=O) groups is 2. The van der Waals surface area contributed by atoms with Crippen LogP contribution in [0.5, 0.6) is 0 Å². The maximum absolute atomic E-state index is 12.6. The Labute approximate surface area is 135 Å². The SMILES string of the molecule is CN1CC[C@H](C(=O)N2CCN(Cc3ccsc3)CC2)CC1=O. The Kier molecular flexibility index (Phi) is 4.78. The number of hydrogen-bond donors (Lipinski definition) is 0. The van der Waals surface area contributed by atoms with Crippen molar-refractivity contribution in [3.8, 4) is 0 Å². The predicted molar refractivity (Wildman–Crippen MR) is 86.5 cm³/mol. The summed E-state index contributed by atoms with van der Waals surface area (Å²) in [5.41, 5.74) is 1.35. The van der Waals surface area contributed by atoms with E-state index >= 15 is 0 Å². The minimum Gasteiger partial charge on any atom is -0.346 e. The second-order valence-corrected chi connectivity index (χ2v) is 7.02. The van der Waals surface area contributed by atoms with E-state index in [0.717, 1.165) is 39.1 Å². The Balaban J connectivity index is 1.48. The van der Waals surface area contributed by atoms with Crippen molar-refractivity contribution in [3.63, 3.8) is 0 Å². The lowest BCUT2D eigenvalue weighted by molar-refractivity contribution is -0.145. The van der Waals surface area contributed by atoms with E-state index in [-0.39, 0.29) is 17.7 Å². The van der Waals surface area contributed by atoms with Gasteiger partial charge >= 0.3 is 0 Å². The summed E-state index contributed by atoms with van der Waals surface area (Å²) in [6, 6.07) is 2.16. The minimum atomic E-state index is -0.105. The molecule has 1 aromatic heterocycles. The maximum atomic E-state index is 12.6. The molecule has 3 rings (SSSR count). The number of amides is 2. The van der Waals surface area contributed by atoms with Gasteiger partial charge in [0.15, 0.2) is 0 Å². The average molecular weight is 321 g/mol. The zero-order valence-corrected chi connectivity index (χ0v) is 13.8. The van der Waals surface area contributed by atoms with Gasteiger partial charge in [-0.15, -0.1) is 0 Å². The molecule has 2 aliphatic rings. The summed E-state index contributed by atoms with van der Waals surface area (Å²) >= 11 is 1.73. The molecule has 0 unspecified atom stereocenters. The molecule has 120 valence electrons. The van der Waals surface area contributed by atoms with Crippen LogP contribution in [0, 0.1) is 5.92 Å². The fourth-order valence-corrected chi connectivity index (χ4v) is 3.84. The molecule has 0 radical (unpaired) electrons. The highest BCUT2D eigenvalue weighted by Crippen LogP contribution is 2.21. The highest BCUT2D eigenvalue weighted by molar-refractivity contribution is 7.07. The molecule has 22 heavy (non-hydrogen) atoms. The highest BCUT2D eigenvalue weighted by atomic mass is 32.1. The smallest absolute Gasteiger partial charge is 0.226 e. The van der Waals surface area contributed by atoms with E-state index in [1.54, 1.807) is 16.2 Å². The normalized spacial score (nSPS) is 23.9. The van der Waals surface area contributed by atoms with Crippen LogP contribution >= 0.6 is 11.3 Å². The maximum Gasteiger partial charge on any atom is 0.226 e. The van der Waals surface area contributed by atoms with E-state index in [1.807, 2.05) is 11.9 Å². The van der Waals surface area contributed by atoms with E-state index in [0.29, 0.717) is 13.0 Å². The second kappa shape index (κ2) is 6.79. The molecule has 2 amide bonds. The number of hydrogen-bond acceptors (Lipinski definition) is 4. The van der Waals surface area contributed by atoms with E-state index in [2.05, 4.69) is 21.7 Å². The molecule has 0 bridgehead atoms. The minimum absolute atomic E-state index is 0.0979. The molecule has 1 aromatic rings. The van der Waals surface area contributed by atoms with Crippen molar-refractivity contribution in [1.82, 2.24) is 14.7 Å². The number of rotatable bonds is 3. The Morgan fingerprint density at radius 1 is 1.27 bits per heavy atom. The van der Waals surface area contributed by atoms with Crippen molar-refractivity contribution >= 4 is 23.2 Å². The Hall–Kier alpha value is -1.40. The summed E-state index contributed by atoms with van der Waals surface area (Å²) in [7, 11) is 1.81. The largest absolute Gasteiger partial charge is 0.346 e. The van der Waals surface area contributed by atoms with Gasteiger partial charge in [-0.25, -0.2) is 0 Å². The van der Waals surface area contributed by atoms with Gasteiger partial charge in [-0.3, -0.25) is 14.5 Å². The number of thiophene rings is 1. The third kappa shape index (κ3) is 3.50. The Bertz CT molecular complexity index is 524. The van der Waals surface area contributed by atoms with E-state index in [9.17, 15) is 9.59 Å². The molecule has 0 aromatic carbocycles. The summed E-state index contributed by atoms with van der Waals surface area (Å²) in [6.45, 7) is 5.07. The van der Waals surface area contributed by atoms with Gasteiger partial charge in [-0.05, 0) is 28.8 Å². The zero-order valence-electron chi connectivity index (χ0n) is 13.0. The monoisotopic (exact) mass is 321 g/mol. The van der Waals surface area contributed by atoms with Crippen LogP contribution in [-0.2, 0) is 16.1 Å². The molecule has 0 spiro atoms. The second-order valence-electron chi connectivity index (χ2n) is 6.24. The van der Waals surface area contributed by atoms with Gasteiger partial charge in [0, 0.05) is 58.7 Å². The van der Waals surface area contributed by atoms with Crippen molar-refractivity contribution < 1.29 is 9.59 Å². The van der Waals surface area contributed by atoms with Gasteiger partial charge < -0.3 is 9.80 Å². The van der Waals surface area contributed by atoms with Gasteiger partial charge in [0.05, 0.1) is 0 Å². The number of likely N-dealkylation sites (tertiary alicyclic amines) is 1. The molecule has 2 aliphatic heterocycles. The zero-order chi connectivity index (χ0) is 15.5. The van der Waals surface area contributed by atoms with Gasteiger partial charge in [-0.1, -0.05) is 0 Å². The number of piperidine rings is 1. The lowest BCUT2D eigenvalue weighted by atomic mass is 9.94. The standard InChI is InChI=1S/C16H23N3O2S/c1-17-4-2-14(10-15(17)20)16(21)19-7-5-18(6-8-19)11-13-3-9-22-12-13/h3,9,12,14H,2,4-8,10-11H2,1H3/t14-/m0/s1. The molecule has 0 N–H and O–H groups in total. The van der Waals surface area contributed by atoms with Crippen LogP contribution in [0.4, 0.5) is 0 Å². The molecular formula is C16H23N3O2S. The first-order chi connectivity index (χ1) is 10.6. The summed E-state index contributed by atoms with van der Waals surface area (Å²) in [6.07, 6.45) is 1.18. The van der Waals surface area contributed by atoms with Crippen LogP contribution in [0.15, 0.2) is 16.8 Å². The van der Waals surface area contributed by atoms with Crippen LogP contribution in [0.25, 0.3) is 0 Å². The molecule has 2 saturated heterocycles. The Morgan fingerprint density at radius 3 is 2.68 bits per heavy atom. The van der Waals surface area contributed by atoms with Crippen molar-refractivity contribution in [3.05, 3.63) is 22.4 Å². The molecule has 0 saturated carbocycles. The number of nitrogens with zero attached hydrogens (tertiary/aromatic N) is 3. The fourth-order valence-electron chi connectivity index (χ4n) is 3.18. The van der Waals surface area contributed by atoms with E-state index in [1.165, 1.54) is 5.56 Å². The summed E-state index contributed by atoms with van der Waals surface area (Å²) in [5.74, 6) is 0.171. The van der Waals surface area contributed by atoms with Crippen LogP contribution in [0.1, 0.15) is 18.4 Å². The first kappa shape index (κ1) is 15.5. The lowest BCUT2D eigenvalue weighted by Gasteiger charge is -2.37. The van der Waals surface area contributed by atoms with Gasteiger partial charge in [-0.2, -0.15) is 11.3 Å². The molecule has 1 atom stereocenters. The quantitative estimate of drug-likeness (QED) is 0.842. The third-order valence-corrected chi connectivity index (χ3v) is 5.41. The van der Waals surface area contributed by atoms with E-state index in [4.69, 9.17) is 0 Å². The summed E-state index contributed by atoms with van der Waals surface area (Å²) in [4.78, 5) is 30.4. The number of piperazine rings is 1. The van der Waals surface area contributed by atoms with Crippen molar-refractivity contribution in [1.29, 1.82) is 0 Å². The fraction of sp³-hybridized carbons (Fsp3) is 0.625. The number of carbonyl (C=O) groups excluding carboxylic acids is 2. The molecule has 5 nitrogen and oxygen atoms in total. The predicted octanol–water partition coefficient (Wildman–Crippen LogP) is 1.26. The Morgan fingerprint density at radius 2 is 2.05 bits per heavy atom. The van der Waals surface area contributed by atoms with Gasteiger partial charge in [0.2, 0.25) is 11.8 Å². The van der Waals surface area contributed by atoms with Crippen LogP contribution in [-0.4, -0.2) is 66.3 Å². The molecule has 0 aliphatic carbocycles. The molecule has 2 fully saturated rings. The highest BCUT2D eigenvalue weighted by Gasteiger charge is 2.32. The van der Waals surface area contributed by atoms with Crippen LogP contribution in [0.2, 0.25) is 0 Å². The first-order valence-corrected chi connectivity index (χ1v) is 8.84. The van der Waals surface area contributed by atoms with Crippen molar-refractivity contribution in [2.75, 3.05) is 39.8 Å². The van der Waals surface area contributed by atoms with Gasteiger partial charge in [0.25, 0.3) is 0 Å². The van der Waals surface area contributed by atoms with Crippen molar-refractivity contribution in [2.24, 2.45) is 5.92 Å².